The van der Waals surface area contributed by atoms with E-state index in [9.17, 15) is 23.1 Å². The number of hydrazine groups is 1. The molecule has 5 aliphatic rings. The van der Waals surface area contributed by atoms with Crippen LogP contribution in [0.4, 0.5) is 18.3 Å². The molecule has 2 atom stereocenters. The van der Waals surface area contributed by atoms with E-state index < -0.39 is 29.2 Å². The van der Waals surface area contributed by atoms with Gasteiger partial charge in [-0.1, -0.05) is 24.0 Å². The Morgan fingerprint density at radius 2 is 1.92 bits per heavy atom. The summed E-state index contributed by atoms with van der Waals surface area (Å²) in [7, 11) is 0. The van der Waals surface area contributed by atoms with Gasteiger partial charge in [0.2, 0.25) is 0 Å². The second-order valence-electron chi connectivity index (χ2n) is 14.5. The van der Waals surface area contributed by atoms with Gasteiger partial charge in [-0.3, -0.25) is 20.0 Å². The number of nitrogens with zero attached hydrogens (tertiary/aromatic N) is 5. The van der Waals surface area contributed by atoms with E-state index >= 15 is 0 Å². The number of aliphatic hydroxyl groups excluding tert-OH is 1. The average molecular weight is 716 g/mol. The number of allylic oxidation sites excluding steroid dienone is 2. The molecule has 1 aromatic carbocycles. The van der Waals surface area contributed by atoms with Gasteiger partial charge in [0, 0.05) is 58.9 Å². The van der Waals surface area contributed by atoms with Crippen molar-refractivity contribution in [2.45, 2.75) is 82.2 Å². The number of carbonyl (C=O) groups excluding carboxylic acids is 1. The van der Waals surface area contributed by atoms with Gasteiger partial charge in [-0.05, 0) is 101 Å². The van der Waals surface area contributed by atoms with Crippen LogP contribution in [0, 0.1) is 17.8 Å². The van der Waals surface area contributed by atoms with Crippen molar-refractivity contribution in [3.63, 3.8) is 0 Å². The van der Waals surface area contributed by atoms with Crippen molar-refractivity contribution in [3.05, 3.63) is 99.3 Å². The molecule has 2 aliphatic carbocycles. The molecule has 51 heavy (non-hydrogen) atoms. The Hall–Kier alpha value is -4.22. The van der Waals surface area contributed by atoms with E-state index in [0.717, 1.165) is 75.5 Å². The number of carbonyl (C=O) groups is 1. The summed E-state index contributed by atoms with van der Waals surface area (Å²) in [6.07, 6.45) is 7.02. The van der Waals surface area contributed by atoms with E-state index in [1.165, 1.54) is 22.5 Å². The summed E-state index contributed by atoms with van der Waals surface area (Å²) in [6.45, 7) is 6.42. The number of amides is 1. The minimum absolute atomic E-state index is 0.0204. The summed E-state index contributed by atoms with van der Waals surface area (Å²) < 4.78 is 46.7. The predicted octanol–water partition coefficient (Wildman–Crippen LogP) is 5.99. The van der Waals surface area contributed by atoms with Crippen molar-refractivity contribution < 1.29 is 23.1 Å². The van der Waals surface area contributed by atoms with Gasteiger partial charge in [-0.25, -0.2) is 15.4 Å². The number of alkyl halides is 3. The van der Waals surface area contributed by atoms with Gasteiger partial charge in [0.25, 0.3) is 5.91 Å². The van der Waals surface area contributed by atoms with Crippen LogP contribution in [-0.2, 0) is 23.3 Å². The van der Waals surface area contributed by atoms with Crippen molar-refractivity contribution in [2.75, 3.05) is 25.0 Å². The molecule has 5 heterocycles. The number of piperidine rings is 1. The lowest BCUT2D eigenvalue weighted by molar-refractivity contribution is -0.121. The fourth-order valence-electron chi connectivity index (χ4n) is 7.99. The third-order valence-electron chi connectivity index (χ3n) is 11.4. The Kier molecular flexibility index (Phi) is 8.49. The maximum absolute atomic E-state index is 14.8. The lowest BCUT2D eigenvalue weighted by atomic mass is 9.75. The Labute approximate surface area is 298 Å². The Balaban J connectivity index is 1.09. The van der Waals surface area contributed by atoms with Crippen LogP contribution >= 0.6 is 11.3 Å². The molecule has 1 saturated carbocycles. The number of thiazole rings is 1. The molecular formula is C38H40F3N7O2S. The number of imidazole rings is 1. The van der Waals surface area contributed by atoms with Crippen molar-refractivity contribution in [1.82, 2.24) is 29.9 Å². The standard InChI is InChI=1S/C38H40F3N7O2S/c1-24-28(8-7-25-3-5-26(6-4-25)20-46-16-10-27(22-49)11-17-46)19-29(38(39,40)41)30-21-48(45-36(24,30)2)33(34(50)44-35-42-15-18-51-35)32-31-9-12-37(13-14-37)47(31)23-43-32/h3-6,15,18-19,21,23,27,33,45,49H,9-14,16-17,20,22H2,1-2H3,(H,42,44,50). The zero-order chi connectivity index (χ0) is 35.5. The first-order valence-corrected chi connectivity index (χ1v) is 18.4. The fourth-order valence-corrected chi connectivity index (χ4v) is 8.52. The largest absolute Gasteiger partial charge is 0.416 e. The molecule has 13 heteroatoms. The number of aromatic nitrogens is 3. The highest BCUT2D eigenvalue weighted by Gasteiger charge is 2.54. The third kappa shape index (κ3) is 6.22. The van der Waals surface area contributed by atoms with Crippen LogP contribution in [0.3, 0.4) is 0 Å². The fraction of sp³-hybridized carbons (Fsp3) is 0.447. The molecule has 2 aromatic heterocycles. The van der Waals surface area contributed by atoms with Crippen LogP contribution in [0.15, 0.2) is 76.7 Å². The molecular weight excluding hydrogens is 676 g/mol. The predicted molar refractivity (Wildman–Crippen MR) is 188 cm³/mol. The number of hydrogen-bond donors (Lipinski definition) is 3. The second kappa shape index (κ2) is 12.8. The lowest BCUT2D eigenvalue weighted by Gasteiger charge is -2.37. The summed E-state index contributed by atoms with van der Waals surface area (Å²) in [5.74, 6) is 6.08. The number of halogens is 3. The first-order chi connectivity index (χ1) is 24.5. The highest BCUT2D eigenvalue weighted by atomic mass is 32.1. The number of fused-ring (bicyclic) bond motifs is 3. The van der Waals surface area contributed by atoms with Crippen LogP contribution in [0.25, 0.3) is 0 Å². The maximum atomic E-state index is 14.8. The molecule has 0 radical (unpaired) electrons. The summed E-state index contributed by atoms with van der Waals surface area (Å²) in [5.41, 5.74) is 5.47. The van der Waals surface area contributed by atoms with Crippen LogP contribution in [0.5, 0.6) is 0 Å². The van der Waals surface area contributed by atoms with Gasteiger partial charge in [-0.15, -0.1) is 11.3 Å². The third-order valence-corrected chi connectivity index (χ3v) is 12.1. The summed E-state index contributed by atoms with van der Waals surface area (Å²) in [4.78, 5) is 25.3. The summed E-state index contributed by atoms with van der Waals surface area (Å²) in [6, 6.07) is 6.77. The average Bonchev–Trinajstić information content (AvgIpc) is 3.45. The van der Waals surface area contributed by atoms with Crippen molar-refractivity contribution in [3.8, 4) is 11.8 Å². The smallest absolute Gasteiger partial charge is 0.396 e. The van der Waals surface area contributed by atoms with Gasteiger partial charge in [0.15, 0.2) is 11.2 Å². The van der Waals surface area contributed by atoms with Gasteiger partial charge in [-0.2, -0.15) is 13.2 Å². The van der Waals surface area contributed by atoms with E-state index in [2.05, 4.69) is 37.0 Å². The monoisotopic (exact) mass is 715 g/mol. The van der Waals surface area contributed by atoms with E-state index in [0.29, 0.717) is 27.9 Å². The minimum Gasteiger partial charge on any atom is -0.396 e. The van der Waals surface area contributed by atoms with Crippen LogP contribution in [0.2, 0.25) is 0 Å². The second-order valence-corrected chi connectivity index (χ2v) is 15.4. The molecule has 3 aliphatic heterocycles. The zero-order valence-corrected chi connectivity index (χ0v) is 29.4. The van der Waals surface area contributed by atoms with Crippen molar-refractivity contribution in [2.24, 2.45) is 5.92 Å². The molecule has 266 valence electrons. The first kappa shape index (κ1) is 33.9. The van der Waals surface area contributed by atoms with E-state index in [-0.39, 0.29) is 23.3 Å². The first-order valence-electron chi connectivity index (χ1n) is 17.5. The zero-order valence-electron chi connectivity index (χ0n) is 28.6. The van der Waals surface area contributed by atoms with Crippen molar-refractivity contribution in [1.29, 1.82) is 0 Å². The Morgan fingerprint density at radius 3 is 2.59 bits per heavy atom. The number of aliphatic hydroxyl groups is 1. The van der Waals surface area contributed by atoms with Gasteiger partial charge in [0.05, 0.1) is 23.1 Å². The minimum atomic E-state index is -4.67. The molecule has 9 nitrogen and oxygen atoms in total. The van der Waals surface area contributed by atoms with Gasteiger partial charge >= 0.3 is 6.18 Å². The number of rotatable bonds is 7. The highest BCUT2D eigenvalue weighted by Crippen LogP contribution is 2.53. The Morgan fingerprint density at radius 1 is 1.16 bits per heavy atom. The van der Waals surface area contributed by atoms with E-state index in [1.54, 1.807) is 31.8 Å². The molecule has 2 fully saturated rings. The SMILES string of the molecule is CC1=C(C#Cc2ccc(CN3CCC(CO)CC3)cc2)C=C(C(F)(F)F)C2=CN(C(C(=O)Nc3nccs3)c3ncn4c3CCC43CC3)NC21C. The number of nitrogens with one attached hydrogen (secondary N) is 2. The highest BCUT2D eigenvalue weighted by molar-refractivity contribution is 7.13. The summed E-state index contributed by atoms with van der Waals surface area (Å²) in [5, 5.41) is 15.9. The van der Waals surface area contributed by atoms with Gasteiger partial charge in [0.1, 0.15) is 0 Å². The van der Waals surface area contributed by atoms with Crippen molar-refractivity contribution >= 4 is 22.4 Å². The molecule has 2 unspecified atom stereocenters. The number of hydrogen-bond acceptors (Lipinski definition) is 8. The molecule has 3 aromatic rings. The van der Waals surface area contributed by atoms with Crippen LogP contribution < -0.4 is 10.7 Å². The molecule has 1 saturated heterocycles. The number of anilines is 1. The number of likely N-dealkylation sites (tertiary alicyclic amines) is 1. The van der Waals surface area contributed by atoms with E-state index in [1.807, 2.05) is 24.3 Å². The van der Waals surface area contributed by atoms with Crippen LogP contribution in [0.1, 0.15) is 74.5 Å². The summed E-state index contributed by atoms with van der Waals surface area (Å²) >= 11 is 1.27. The van der Waals surface area contributed by atoms with Crippen LogP contribution in [-0.4, -0.2) is 66.9 Å². The topological polar surface area (TPSA) is 98.6 Å². The van der Waals surface area contributed by atoms with Gasteiger partial charge < -0.3 is 9.67 Å². The molecule has 8 rings (SSSR count). The lowest BCUT2D eigenvalue weighted by Crippen LogP contribution is -2.51. The normalized spacial score (nSPS) is 23.4. The maximum Gasteiger partial charge on any atom is 0.416 e. The van der Waals surface area contributed by atoms with E-state index in [4.69, 9.17) is 4.98 Å². The molecule has 3 N–H and O–H groups in total. The quantitative estimate of drug-likeness (QED) is 0.259. The molecule has 0 bridgehead atoms. The molecule has 1 amide bonds. The Bertz CT molecular complexity index is 1990. The molecule has 1 spiro atoms. The number of benzene rings is 1.